The number of nitro groups is 1. The Morgan fingerprint density at radius 2 is 2.26 bits per heavy atom. The van der Waals surface area contributed by atoms with Crippen molar-refractivity contribution in [3.05, 3.63) is 22.6 Å². The molecule has 9 nitrogen and oxygen atoms in total. The summed E-state index contributed by atoms with van der Waals surface area (Å²) in [5.41, 5.74) is 0. The second kappa shape index (κ2) is 6.38. The van der Waals surface area contributed by atoms with Crippen molar-refractivity contribution >= 4 is 21.7 Å². The Kier molecular flexibility index (Phi) is 5.12. The molecule has 0 bridgehead atoms. The number of carbonyl (C=O) groups is 1. The third-order valence-corrected chi connectivity index (χ3v) is 2.66. The number of ketones is 1. The van der Waals surface area contributed by atoms with E-state index in [1.165, 1.54) is 10.9 Å². The van der Waals surface area contributed by atoms with Crippen molar-refractivity contribution in [3.8, 4) is 0 Å². The van der Waals surface area contributed by atoms with E-state index in [-0.39, 0.29) is 37.6 Å². The number of imidazole rings is 1. The molecule has 10 heteroatoms. The van der Waals surface area contributed by atoms with Crippen LogP contribution in [0.25, 0.3) is 0 Å². The lowest BCUT2D eigenvalue weighted by atomic mass is 10.2. The van der Waals surface area contributed by atoms with E-state index in [0.29, 0.717) is 0 Å². The molecule has 0 radical (unpaired) electrons. The molecule has 0 unspecified atom stereocenters. The minimum absolute atomic E-state index is 0.0419. The molecular weight excluding hydrogens is 278 g/mol. The predicted molar refractivity (Wildman–Crippen MR) is 63.9 cm³/mol. The Morgan fingerprint density at radius 1 is 1.58 bits per heavy atom. The highest BCUT2D eigenvalue weighted by molar-refractivity contribution is 7.85. The van der Waals surface area contributed by atoms with Gasteiger partial charge in [-0.15, -0.1) is 0 Å². The van der Waals surface area contributed by atoms with Crippen molar-refractivity contribution in [2.75, 3.05) is 12.9 Å². The van der Waals surface area contributed by atoms with E-state index in [1.54, 1.807) is 0 Å². The summed E-state index contributed by atoms with van der Waals surface area (Å²) in [5.74, 6) is -0.516. The first-order chi connectivity index (χ1) is 8.78. The van der Waals surface area contributed by atoms with Crippen molar-refractivity contribution in [3.63, 3.8) is 0 Å². The average Bonchev–Trinajstić information content (AvgIpc) is 2.71. The van der Waals surface area contributed by atoms with Crippen LogP contribution in [0, 0.1) is 10.1 Å². The zero-order valence-corrected chi connectivity index (χ0v) is 11.0. The Balaban J connectivity index is 2.33. The number of carbonyl (C=O) groups excluding carboxylic acids is 1. The van der Waals surface area contributed by atoms with Gasteiger partial charge in [-0.2, -0.15) is 8.42 Å². The topological polar surface area (TPSA) is 121 Å². The first kappa shape index (κ1) is 15.2. The molecular formula is C9H13N3O6S. The SMILES string of the molecule is CS(=O)(=O)OCCCC(=O)Cn1cnc([N+](=O)[O-])c1. The molecule has 0 saturated heterocycles. The van der Waals surface area contributed by atoms with Gasteiger partial charge in [0.25, 0.3) is 10.1 Å². The second-order valence-corrected chi connectivity index (χ2v) is 5.47. The van der Waals surface area contributed by atoms with E-state index < -0.39 is 15.0 Å². The first-order valence-electron chi connectivity index (χ1n) is 5.30. The first-order valence-corrected chi connectivity index (χ1v) is 7.12. The molecule has 0 aliphatic carbocycles. The molecule has 0 amide bonds. The van der Waals surface area contributed by atoms with Crippen LogP contribution in [0.1, 0.15) is 12.8 Å². The molecule has 19 heavy (non-hydrogen) atoms. The Hall–Kier alpha value is -1.81. The van der Waals surface area contributed by atoms with Crippen LogP contribution in [-0.2, 0) is 25.6 Å². The molecule has 0 atom stereocenters. The summed E-state index contributed by atoms with van der Waals surface area (Å²) < 4.78 is 27.1. The summed E-state index contributed by atoms with van der Waals surface area (Å²) in [5, 5.41) is 10.4. The quantitative estimate of drug-likeness (QED) is 0.288. The van der Waals surface area contributed by atoms with Gasteiger partial charge in [0.1, 0.15) is 6.20 Å². The maximum atomic E-state index is 11.5. The normalized spacial score (nSPS) is 11.4. The minimum atomic E-state index is -3.49. The number of nitrogens with zero attached hydrogens (tertiary/aromatic N) is 3. The van der Waals surface area contributed by atoms with E-state index in [1.807, 2.05) is 0 Å². The summed E-state index contributed by atoms with van der Waals surface area (Å²) in [4.78, 5) is 24.7. The highest BCUT2D eigenvalue weighted by atomic mass is 32.2. The standard InChI is InChI=1S/C9H13N3O6S/c1-19(16,17)18-4-2-3-8(13)5-11-6-9(10-7-11)12(14)15/h6-7H,2-5H2,1H3. The Morgan fingerprint density at radius 3 is 2.79 bits per heavy atom. The van der Waals surface area contributed by atoms with Gasteiger partial charge in [0.15, 0.2) is 5.78 Å². The van der Waals surface area contributed by atoms with Crippen molar-refractivity contribution in [2.45, 2.75) is 19.4 Å². The Bertz CT molecular complexity index is 564. The monoisotopic (exact) mass is 291 g/mol. The van der Waals surface area contributed by atoms with E-state index in [2.05, 4.69) is 9.17 Å². The molecule has 0 fully saturated rings. The lowest BCUT2D eigenvalue weighted by molar-refractivity contribution is -0.389. The van der Waals surface area contributed by atoms with Gasteiger partial charge in [0.05, 0.1) is 19.4 Å². The summed E-state index contributed by atoms with van der Waals surface area (Å²) in [6.07, 6.45) is 3.68. The molecule has 1 aromatic rings. The zero-order valence-electron chi connectivity index (χ0n) is 10.2. The van der Waals surface area contributed by atoms with Crippen LogP contribution in [0.15, 0.2) is 12.5 Å². The van der Waals surface area contributed by atoms with Crippen LogP contribution >= 0.6 is 0 Å². The van der Waals surface area contributed by atoms with Crippen LogP contribution in [0.3, 0.4) is 0 Å². The number of Topliss-reactive ketones (excluding diaryl/α,β-unsaturated/α-hetero) is 1. The molecule has 0 aromatic carbocycles. The van der Waals surface area contributed by atoms with Crippen LogP contribution in [0.4, 0.5) is 5.82 Å². The van der Waals surface area contributed by atoms with Gasteiger partial charge in [-0.1, -0.05) is 0 Å². The molecule has 0 spiro atoms. The molecule has 0 aliphatic heterocycles. The van der Waals surface area contributed by atoms with E-state index in [0.717, 1.165) is 12.5 Å². The van der Waals surface area contributed by atoms with Crippen molar-refractivity contribution in [1.29, 1.82) is 0 Å². The van der Waals surface area contributed by atoms with Gasteiger partial charge in [0.2, 0.25) is 6.33 Å². The lowest BCUT2D eigenvalue weighted by Gasteiger charge is -2.01. The predicted octanol–water partition coefficient (Wildman–Crippen LogP) is 0.117. The number of hydrogen-bond donors (Lipinski definition) is 0. The molecule has 0 N–H and O–H groups in total. The molecule has 1 heterocycles. The lowest BCUT2D eigenvalue weighted by Crippen LogP contribution is -2.10. The Labute approximate surface area is 109 Å². The highest BCUT2D eigenvalue weighted by Crippen LogP contribution is 2.06. The summed E-state index contributed by atoms with van der Waals surface area (Å²) in [6, 6.07) is 0. The summed E-state index contributed by atoms with van der Waals surface area (Å²) in [7, 11) is -3.49. The fourth-order valence-corrected chi connectivity index (χ4v) is 1.71. The van der Waals surface area contributed by atoms with Crippen LogP contribution in [0.5, 0.6) is 0 Å². The van der Waals surface area contributed by atoms with Crippen LogP contribution in [0.2, 0.25) is 0 Å². The van der Waals surface area contributed by atoms with Gasteiger partial charge in [0, 0.05) is 6.42 Å². The molecule has 0 saturated carbocycles. The summed E-state index contributed by atoms with van der Waals surface area (Å²) >= 11 is 0. The zero-order chi connectivity index (χ0) is 14.5. The minimum Gasteiger partial charge on any atom is -0.358 e. The number of aromatic nitrogens is 2. The van der Waals surface area contributed by atoms with Crippen LogP contribution in [-0.4, -0.2) is 41.5 Å². The van der Waals surface area contributed by atoms with Crippen molar-refractivity contribution in [2.24, 2.45) is 0 Å². The third-order valence-electron chi connectivity index (χ3n) is 2.06. The maximum absolute atomic E-state index is 11.5. The van der Waals surface area contributed by atoms with Crippen LogP contribution < -0.4 is 0 Å². The maximum Gasteiger partial charge on any atom is 0.381 e. The largest absolute Gasteiger partial charge is 0.381 e. The molecule has 1 aromatic heterocycles. The smallest absolute Gasteiger partial charge is 0.358 e. The average molecular weight is 291 g/mol. The summed E-state index contributed by atoms with van der Waals surface area (Å²) in [6.45, 7) is -0.103. The third kappa shape index (κ3) is 6.06. The van der Waals surface area contributed by atoms with Gasteiger partial charge >= 0.3 is 5.82 Å². The molecule has 106 valence electrons. The molecule has 1 rings (SSSR count). The van der Waals surface area contributed by atoms with Gasteiger partial charge in [-0.05, 0) is 16.3 Å². The number of rotatable bonds is 8. The van der Waals surface area contributed by atoms with Gasteiger partial charge < -0.3 is 14.7 Å². The fraction of sp³-hybridized carbons (Fsp3) is 0.556. The highest BCUT2D eigenvalue weighted by Gasteiger charge is 2.12. The van der Waals surface area contributed by atoms with E-state index in [9.17, 15) is 23.3 Å². The molecule has 0 aliphatic rings. The van der Waals surface area contributed by atoms with E-state index >= 15 is 0 Å². The van der Waals surface area contributed by atoms with Gasteiger partial charge in [-0.3, -0.25) is 8.98 Å². The second-order valence-electron chi connectivity index (χ2n) is 3.83. The van der Waals surface area contributed by atoms with Crippen molar-refractivity contribution < 1.29 is 22.3 Å². The number of hydrogen-bond acceptors (Lipinski definition) is 7. The van der Waals surface area contributed by atoms with E-state index in [4.69, 9.17) is 0 Å². The fourth-order valence-electron chi connectivity index (χ4n) is 1.29. The van der Waals surface area contributed by atoms with Crippen molar-refractivity contribution in [1.82, 2.24) is 9.55 Å². The van der Waals surface area contributed by atoms with Gasteiger partial charge in [-0.25, -0.2) is 0 Å².